The standard InChI is InChI=1S/C17H18Cl2F3NO3/c1-17(2)9(4-10(18)19)11(17)16(24)26-6-8-13(21)12(20)7(5-25-3)14(22)15(8)23/h4,9,11H,5-6,23H2,1-3H3/t9-,11+/m1/s1. The molecule has 2 rings (SSSR count). The van der Waals surface area contributed by atoms with Gasteiger partial charge in [-0.3, -0.25) is 4.79 Å². The average Bonchev–Trinajstić information content (AvgIpc) is 3.09. The number of ether oxygens (including phenoxy) is 2. The van der Waals surface area contributed by atoms with E-state index in [1.165, 1.54) is 13.2 Å². The zero-order chi connectivity index (χ0) is 19.8. The van der Waals surface area contributed by atoms with Crippen LogP contribution in [0.3, 0.4) is 0 Å². The van der Waals surface area contributed by atoms with Gasteiger partial charge in [0, 0.05) is 7.11 Å². The molecule has 1 saturated carbocycles. The van der Waals surface area contributed by atoms with E-state index < -0.39 is 64.8 Å². The van der Waals surface area contributed by atoms with E-state index in [1.807, 2.05) is 13.8 Å². The molecule has 1 aliphatic rings. The lowest BCUT2D eigenvalue weighted by molar-refractivity contribution is -0.147. The largest absolute Gasteiger partial charge is 0.460 e. The summed E-state index contributed by atoms with van der Waals surface area (Å²) in [6, 6.07) is 0. The van der Waals surface area contributed by atoms with E-state index in [4.69, 9.17) is 33.7 Å². The lowest BCUT2D eigenvalue weighted by atomic mass is 10.1. The fourth-order valence-corrected chi connectivity index (χ4v) is 3.27. The fourth-order valence-electron chi connectivity index (χ4n) is 2.99. The third-order valence-corrected chi connectivity index (χ3v) is 4.92. The summed E-state index contributed by atoms with van der Waals surface area (Å²) >= 11 is 11.2. The summed E-state index contributed by atoms with van der Waals surface area (Å²) in [6.45, 7) is 2.44. The molecule has 1 aliphatic carbocycles. The van der Waals surface area contributed by atoms with Gasteiger partial charge >= 0.3 is 5.97 Å². The summed E-state index contributed by atoms with van der Waals surface area (Å²) in [5.41, 5.74) is 3.28. The Balaban J connectivity index is 2.18. The molecular weight excluding hydrogens is 394 g/mol. The second-order valence-corrected chi connectivity index (χ2v) is 7.64. The molecule has 1 aromatic carbocycles. The van der Waals surface area contributed by atoms with Crippen LogP contribution >= 0.6 is 23.2 Å². The molecule has 1 aromatic rings. The molecule has 0 aliphatic heterocycles. The number of carbonyl (C=O) groups excluding carboxylic acids is 1. The van der Waals surface area contributed by atoms with E-state index in [0.717, 1.165) is 0 Å². The average molecular weight is 412 g/mol. The Morgan fingerprint density at radius 2 is 1.73 bits per heavy atom. The van der Waals surface area contributed by atoms with Gasteiger partial charge in [0.2, 0.25) is 0 Å². The first kappa shape index (κ1) is 20.9. The third-order valence-electron chi connectivity index (χ3n) is 4.67. The minimum Gasteiger partial charge on any atom is -0.460 e. The van der Waals surface area contributed by atoms with Crippen LogP contribution in [0.5, 0.6) is 0 Å². The highest BCUT2D eigenvalue weighted by Gasteiger charge is 2.61. The first-order valence-corrected chi connectivity index (χ1v) is 8.41. The Labute approximate surface area is 159 Å². The van der Waals surface area contributed by atoms with Crippen LogP contribution in [0.1, 0.15) is 25.0 Å². The molecule has 0 bridgehead atoms. The topological polar surface area (TPSA) is 61.6 Å². The van der Waals surface area contributed by atoms with Crippen molar-refractivity contribution in [3.8, 4) is 0 Å². The van der Waals surface area contributed by atoms with Crippen LogP contribution in [0.25, 0.3) is 0 Å². The molecule has 26 heavy (non-hydrogen) atoms. The second-order valence-electron chi connectivity index (χ2n) is 6.63. The number of nitrogens with two attached hydrogens (primary N) is 1. The van der Waals surface area contributed by atoms with Crippen LogP contribution in [0.2, 0.25) is 0 Å². The highest BCUT2D eigenvalue weighted by atomic mass is 35.5. The van der Waals surface area contributed by atoms with Crippen LogP contribution in [0, 0.1) is 34.7 Å². The Kier molecular flexibility index (Phi) is 6.15. The monoisotopic (exact) mass is 411 g/mol. The predicted molar refractivity (Wildman–Crippen MR) is 91.8 cm³/mol. The second kappa shape index (κ2) is 7.66. The maximum Gasteiger partial charge on any atom is 0.310 e. The maximum atomic E-state index is 14.2. The summed E-state index contributed by atoms with van der Waals surface area (Å²) in [4.78, 5) is 12.2. The summed E-state index contributed by atoms with van der Waals surface area (Å²) in [5.74, 6) is -5.41. The highest BCUT2D eigenvalue weighted by molar-refractivity contribution is 6.55. The molecule has 0 spiro atoms. The fraction of sp³-hybridized carbons (Fsp3) is 0.471. The molecule has 4 nitrogen and oxygen atoms in total. The highest BCUT2D eigenvalue weighted by Crippen LogP contribution is 2.60. The minimum absolute atomic E-state index is 0.0199. The predicted octanol–water partition coefficient (Wildman–Crippen LogP) is 4.47. The van der Waals surface area contributed by atoms with E-state index in [1.54, 1.807) is 0 Å². The van der Waals surface area contributed by atoms with Gasteiger partial charge in [-0.2, -0.15) is 0 Å². The SMILES string of the molecule is COCc1c(F)c(N)c(COC(=O)[C@@H]2[C@@H](C=C(Cl)Cl)C2(C)C)c(F)c1F. The lowest BCUT2D eigenvalue weighted by Crippen LogP contribution is -2.15. The number of methoxy groups -OCH3 is 1. The van der Waals surface area contributed by atoms with Gasteiger partial charge in [0.1, 0.15) is 11.1 Å². The number of rotatable bonds is 6. The number of hydrogen-bond acceptors (Lipinski definition) is 4. The first-order chi connectivity index (χ1) is 12.0. The molecule has 2 atom stereocenters. The van der Waals surface area contributed by atoms with Crippen molar-refractivity contribution in [2.45, 2.75) is 27.1 Å². The van der Waals surface area contributed by atoms with Gasteiger partial charge < -0.3 is 15.2 Å². The van der Waals surface area contributed by atoms with Crippen molar-refractivity contribution in [3.05, 3.63) is 39.1 Å². The van der Waals surface area contributed by atoms with E-state index in [0.29, 0.717) is 0 Å². The molecule has 144 valence electrons. The van der Waals surface area contributed by atoms with Crippen LogP contribution in [0.15, 0.2) is 10.6 Å². The number of allylic oxidation sites excluding steroid dienone is 1. The van der Waals surface area contributed by atoms with E-state index in [9.17, 15) is 18.0 Å². The van der Waals surface area contributed by atoms with Crippen molar-refractivity contribution in [1.82, 2.24) is 0 Å². The van der Waals surface area contributed by atoms with Gasteiger partial charge in [-0.1, -0.05) is 37.0 Å². The molecule has 9 heteroatoms. The van der Waals surface area contributed by atoms with Crippen molar-refractivity contribution in [2.75, 3.05) is 12.8 Å². The molecule has 0 radical (unpaired) electrons. The normalized spacial score (nSPS) is 20.6. The maximum absolute atomic E-state index is 14.2. The van der Waals surface area contributed by atoms with Gasteiger partial charge in [-0.05, 0) is 17.4 Å². The Morgan fingerprint density at radius 3 is 2.27 bits per heavy atom. The summed E-state index contributed by atoms with van der Waals surface area (Å²) in [7, 11) is 1.21. The van der Waals surface area contributed by atoms with Crippen LogP contribution in [-0.2, 0) is 27.5 Å². The van der Waals surface area contributed by atoms with Gasteiger partial charge in [0.25, 0.3) is 0 Å². The number of esters is 1. The number of nitrogen functional groups attached to an aromatic ring is 1. The smallest absolute Gasteiger partial charge is 0.310 e. The van der Waals surface area contributed by atoms with Crippen molar-refractivity contribution >= 4 is 34.9 Å². The van der Waals surface area contributed by atoms with Gasteiger partial charge in [-0.15, -0.1) is 0 Å². The van der Waals surface area contributed by atoms with Crippen molar-refractivity contribution in [2.24, 2.45) is 17.3 Å². The molecule has 0 unspecified atom stereocenters. The molecule has 1 fully saturated rings. The molecule has 0 saturated heterocycles. The van der Waals surface area contributed by atoms with Crippen molar-refractivity contribution in [3.63, 3.8) is 0 Å². The zero-order valence-electron chi connectivity index (χ0n) is 14.3. The molecule has 2 N–H and O–H groups in total. The quantitative estimate of drug-likeness (QED) is 0.426. The van der Waals surface area contributed by atoms with Crippen molar-refractivity contribution < 1.29 is 27.4 Å². The van der Waals surface area contributed by atoms with E-state index >= 15 is 0 Å². The molecule has 0 aromatic heterocycles. The van der Waals surface area contributed by atoms with E-state index in [2.05, 4.69) is 4.74 Å². The summed E-state index contributed by atoms with van der Waals surface area (Å²) < 4.78 is 52.0. The molecule has 0 heterocycles. The van der Waals surface area contributed by atoms with Crippen molar-refractivity contribution in [1.29, 1.82) is 0 Å². The molecule has 0 amide bonds. The van der Waals surface area contributed by atoms with E-state index in [-0.39, 0.29) is 10.4 Å². The minimum atomic E-state index is -1.42. The third kappa shape index (κ3) is 3.80. The number of benzene rings is 1. The Bertz CT molecular complexity index is 735. The Morgan fingerprint density at radius 1 is 1.15 bits per heavy atom. The van der Waals surface area contributed by atoms with Crippen LogP contribution < -0.4 is 5.73 Å². The van der Waals surface area contributed by atoms with Crippen LogP contribution in [-0.4, -0.2) is 13.1 Å². The number of halogens is 5. The number of carbonyl (C=O) groups is 1. The van der Waals surface area contributed by atoms with Gasteiger partial charge in [-0.25, -0.2) is 13.2 Å². The number of hydrogen-bond donors (Lipinski definition) is 1. The summed E-state index contributed by atoms with van der Waals surface area (Å²) in [6.07, 6.45) is 1.52. The number of anilines is 1. The summed E-state index contributed by atoms with van der Waals surface area (Å²) in [5, 5.41) is 0. The first-order valence-electron chi connectivity index (χ1n) is 7.66. The lowest BCUT2D eigenvalue weighted by Gasteiger charge is -2.14. The Hall–Kier alpha value is -1.44. The zero-order valence-corrected chi connectivity index (χ0v) is 15.9. The van der Waals surface area contributed by atoms with Crippen LogP contribution in [0.4, 0.5) is 18.9 Å². The molecular formula is C17H18Cl2F3NO3. The van der Waals surface area contributed by atoms with Gasteiger partial charge in [0.05, 0.1) is 29.3 Å². The van der Waals surface area contributed by atoms with Gasteiger partial charge in [0.15, 0.2) is 17.5 Å².